The lowest BCUT2D eigenvalue weighted by Gasteiger charge is -2.36. The molecule has 12 rings (SSSR count). The summed E-state index contributed by atoms with van der Waals surface area (Å²) < 4.78 is 103. The molecular weight excluding hydrogens is 1100 g/mol. The van der Waals surface area contributed by atoms with Crippen LogP contribution in [0.3, 0.4) is 0 Å². The zero-order valence-corrected chi connectivity index (χ0v) is 47.0. The third-order valence-electron chi connectivity index (χ3n) is 18.4. The number of aromatic nitrogens is 4. The number of methoxy groups -OCH3 is 2. The number of hydrogen-bond acceptors (Lipinski definition) is 12. The van der Waals surface area contributed by atoms with Crippen molar-refractivity contribution < 1.29 is 60.1 Å². The molecule has 446 valence electrons. The van der Waals surface area contributed by atoms with Gasteiger partial charge in [0.05, 0.1) is 60.5 Å². The Morgan fingerprint density at radius 1 is 0.560 bits per heavy atom. The lowest BCUT2D eigenvalue weighted by Crippen LogP contribution is -2.53. The molecule has 0 saturated carbocycles. The number of ether oxygens (including phenoxy) is 4. The fraction of sp³-hybridized carbons (Fsp3) is 0.508. The molecule has 4 aromatic carbocycles. The number of nitrogens with zero attached hydrogens (tertiary/aromatic N) is 6. The number of aromatic amines is 2. The Morgan fingerprint density at radius 3 is 1.45 bits per heavy atom. The summed E-state index contributed by atoms with van der Waals surface area (Å²) >= 11 is 0. The molecule has 8 heterocycles. The number of benzene rings is 4. The number of carbonyl (C=O) groups excluding carboxylic acids is 4. The molecule has 6 atom stereocenters. The predicted octanol–water partition coefficient (Wildman–Crippen LogP) is 10.2. The Hall–Kier alpha value is -7.53. The Labute approximate surface area is 482 Å². The minimum atomic E-state index is -0.885. The van der Waals surface area contributed by atoms with Gasteiger partial charge in [-0.2, -0.15) is 0 Å². The van der Waals surface area contributed by atoms with Crippen LogP contribution in [0.5, 0.6) is 0 Å². The van der Waals surface area contributed by atoms with Crippen LogP contribution in [0.15, 0.2) is 60.7 Å². The summed E-state index contributed by atoms with van der Waals surface area (Å²) in [6.45, 7) is 3.26. The molecule has 4 N–H and O–H groups in total. The van der Waals surface area contributed by atoms with E-state index in [1.54, 1.807) is 43.9 Å². The van der Waals surface area contributed by atoms with Crippen molar-refractivity contribution in [3.63, 3.8) is 0 Å². The van der Waals surface area contributed by atoms with Gasteiger partial charge in [-0.1, -0.05) is 12.1 Å². The maximum Gasteiger partial charge on any atom is 0.407 e. The second-order valence-electron chi connectivity index (χ2n) is 23.1. The molecule has 6 aliphatic heterocycles. The van der Waals surface area contributed by atoms with Gasteiger partial charge in [-0.25, -0.2) is 41.5 Å². The first kappa shape index (κ1) is 56.9. The van der Waals surface area contributed by atoms with E-state index in [1.807, 2.05) is 0 Å². The zero-order chi connectivity index (χ0) is 58.3. The van der Waals surface area contributed by atoms with Crippen molar-refractivity contribution >= 4 is 57.4 Å². The van der Waals surface area contributed by atoms with E-state index < -0.39 is 71.7 Å². The molecule has 0 spiro atoms. The van der Waals surface area contributed by atoms with E-state index in [1.165, 1.54) is 50.6 Å². The van der Waals surface area contributed by atoms with Crippen molar-refractivity contribution in [3.8, 4) is 0 Å². The van der Waals surface area contributed by atoms with E-state index >= 15 is 17.6 Å². The number of hydrogen-bond donors (Lipinski definition) is 4. The first-order valence-electron chi connectivity index (χ1n) is 29.4. The summed E-state index contributed by atoms with van der Waals surface area (Å²) in [7, 11) is 2.48. The van der Waals surface area contributed by atoms with Crippen LogP contribution in [0.4, 0.5) is 42.9 Å². The molecule has 6 aromatic rings. The molecule has 23 heteroatoms. The van der Waals surface area contributed by atoms with Crippen LogP contribution in [0.2, 0.25) is 0 Å². The summed E-state index contributed by atoms with van der Waals surface area (Å²) in [6, 6.07) is 10.0. The van der Waals surface area contributed by atoms with Gasteiger partial charge in [0.2, 0.25) is 11.8 Å². The van der Waals surface area contributed by atoms with Crippen LogP contribution in [0.25, 0.3) is 22.1 Å². The Kier molecular flexibility index (Phi) is 16.4. The third kappa shape index (κ3) is 11.2. The highest BCUT2D eigenvalue weighted by Crippen LogP contribution is 2.50. The largest absolute Gasteiger partial charge is 0.453 e. The lowest BCUT2D eigenvalue weighted by atomic mass is 9.89. The number of imidazole rings is 2. The van der Waals surface area contributed by atoms with Gasteiger partial charge < -0.3 is 59.1 Å². The van der Waals surface area contributed by atoms with Gasteiger partial charge in [0.15, 0.2) is 11.6 Å². The first-order valence-corrected chi connectivity index (χ1v) is 29.4. The summed E-state index contributed by atoms with van der Waals surface area (Å²) in [5.74, 6) is -3.34. The SMILES string of the molecule is COC(=O)NC(C(=O)N1CCCC1c1nc2cc(F)c([C@H]3CC[C@H](c4cc5[nH]c([C@@H]6CCCN6C(=O)[C@@H](NC(=O)OC)C6CCOCC6)nc5cc4F)N3c3cc(F)c(N4CCC(c5ccc(F)cc5)CC4)c(F)c3)cc2[nH]1)C1CCOCC1. The van der Waals surface area contributed by atoms with Crippen molar-refractivity contribution in [3.05, 3.63) is 118 Å². The smallest absolute Gasteiger partial charge is 0.407 e. The van der Waals surface area contributed by atoms with Crippen molar-refractivity contribution in [2.24, 2.45) is 11.8 Å². The monoisotopic (exact) mass is 1160 g/mol. The number of H-pyrrole nitrogens is 2. The number of fused-ring (bicyclic) bond motifs is 2. The summed E-state index contributed by atoms with van der Waals surface area (Å²) in [4.78, 5) is 77.0. The van der Waals surface area contributed by atoms with Crippen molar-refractivity contribution in [1.82, 2.24) is 40.4 Å². The number of carbonyl (C=O) groups is 4. The van der Waals surface area contributed by atoms with Gasteiger partial charge in [-0.3, -0.25) is 9.59 Å². The Morgan fingerprint density at radius 2 is 1.01 bits per heavy atom. The molecule has 4 amide bonds. The number of nitrogens with one attached hydrogen (secondary N) is 4. The third-order valence-corrected chi connectivity index (χ3v) is 18.4. The van der Waals surface area contributed by atoms with Gasteiger partial charge >= 0.3 is 12.2 Å². The fourth-order valence-electron chi connectivity index (χ4n) is 14.1. The number of alkyl carbamates (subject to hydrolysis) is 2. The van der Waals surface area contributed by atoms with Crippen LogP contribution >= 0.6 is 0 Å². The van der Waals surface area contributed by atoms with Gasteiger partial charge in [0, 0.05) is 81.6 Å². The van der Waals surface area contributed by atoms with E-state index in [0.29, 0.717) is 139 Å². The van der Waals surface area contributed by atoms with Crippen LogP contribution < -0.4 is 20.4 Å². The summed E-state index contributed by atoms with van der Waals surface area (Å²) in [6.07, 6.45) is 4.85. The lowest BCUT2D eigenvalue weighted by molar-refractivity contribution is -0.137. The van der Waals surface area contributed by atoms with E-state index in [0.717, 1.165) is 5.56 Å². The molecule has 18 nitrogen and oxygen atoms in total. The second kappa shape index (κ2) is 24.2. The molecule has 6 aliphatic rings. The van der Waals surface area contributed by atoms with E-state index in [-0.39, 0.29) is 81.8 Å². The normalized spacial score (nSPS) is 22.7. The number of amides is 4. The topological polar surface area (TPSA) is 200 Å². The molecule has 6 fully saturated rings. The van der Waals surface area contributed by atoms with Crippen molar-refractivity contribution in [1.29, 1.82) is 0 Å². The van der Waals surface area contributed by atoms with Crippen LogP contribution in [0, 0.1) is 40.9 Å². The van der Waals surface area contributed by atoms with Crippen LogP contribution in [-0.4, -0.2) is 133 Å². The van der Waals surface area contributed by atoms with E-state index in [4.69, 9.17) is 28.9 Å². The van der Waals surface area contributed by atoms with Gasteiger partial charge in [-0.05, 0) is 137 Å². The highest BCUT2D eigenvalue weighted by Gasteiger charge is 2.44. The number of rotatable bonds is 13. The Bertz CT molecular complexity index is 3230. The predicted molar refractivity (Wildman–Crippen MR) is 299 cm³/mol. The summed E-state index contributed by atoms with van der Waals surface area (Å²) in [5, 5.41) is 5.53. The minimum absolute atomic E-state index is 0.0663. The highest BCUT2D eigenvalue weighted by atomic mass is 19.1. The molecule has 6 saturated heterocycles. The van der Waals surface area contributed by atoms with E-state index in [2.05, 4.69) is 20.6 Å². The maximum atomic E-state index is 17.1. The fourth-order valence-corrected chi connectivity index (χ4v) is 14.1. The molecule has 0 radical (unpaired) electrons. The Balaban J connectivity index is 0.870. The standard InChI is InChI=1S/C61H69F5N10O8/c1-81-60(79)71-53(35-15-23-83-24-16-35)58(77)74-19-3-5-51(74)56-67-45-29-39(41(63)31-47(45)69-56)49-11-12-50(76(49)38-27-43(65)55(44(66)28-38)73-21-13-34(14-22-73)33-7-9-37(62)10-8-33)40-30-46-48(32-42(40)64)70-57(68-46)52-6-4-20-75(52)59(78)54(72-61(80)82-2)36-17-25-84-26-18-36/h7-10,27-32,34-36,49-54H,3-6,11-26H2,1-2H3,(H,67,69)(H,68,70)(H,71,79)(H,72,80)/t49-,50-,51+,52?,53+,54?/m1/s1. The van der Waals surface area contributed by atoms with Gasteiger partial charge in [-0.15, -0.1) is 0 Å². The number of anilines is 2. The van der Waals surface area contributed by atoms with Gasteiger partial charge in [0.25, 0.3) is 0 Å². The van der Waals surface area contributed by atoms with Crippen molar-refractivity contribution in [2.45, 2.75) is 119 Å². The average molecular weight is 1170 g/mol. The molecule has 2 unspecified atom stereocenters. The van der Waals surface area contributed by atoms with Gasteiger partial charge in [0.1, 0.15) is 46.9 Å². The molecule has 0 aliphatic carbocycles. The molecule has 2 aromatic heterocycles. The zero-order valence-electron chi connectivity index (χ0n) is 47.0. The van der Waals surface area contributed by atoms with Crippen LogP contribution in [-0.2, 0) is 28.5 Å². The maximum absolute atomic E-state index is 17.1. The molecule has 84 heavy (non-hydrogen) atoms. The number of halogens is 5. The average Bonchev–Trinajstić information content (AvgIpc) is 2.84. The quantitative estimate of drug-likeness (QED) is 0.0799. The number of piperidine rings is 1. The molecular formula is C61H69F5N10O8. The van der Waals surface area contributed by atoms with Crippen molar-refractivity contribution in [2.75, 3.05) is 76.6 Å². The minimum Gasteiger partial charge on any atom is -0.453 e. The van der Waals surface area contributed by atoms with Crippen LogP contribution in [0.1, 0.15) is 135 Å². The molecule has 0 bridgehead atoms. The number of likely N-dealkylation sites (tertiary alicyclic amines) is 2. The first-order chi connectivity index (χ1) is 40.7. The van der Waals surface area contributed by atoms with E-state index in [9.17, 15) is 23.6 Å². The summed E-state index contributed by atoms with van der Waals surface area (Å²) in [5.41, 5.74) is 2.63. The highest BCUT2D eigenvalue weighted by molar-refractivity contribution is 5.88. The second-order valence-corrected chi connectivity index (χ2v) is 23.1.